The van der Waals surface area contributed by atoms with Gasteiger partial charge in [0.2, 0.25) is 11.8 Å². The number of nitrogens with zero attached hydrogens (tertiary/aromatic N) is 1. The number of hydrogen-bond acceptors (Lipinski definition) is 4. The number of alkyl halides is 2. The number of likely N-dealkylation sites (tertiary alicyclic amines) is 1. The van der Waals surface area contributed by atoms with Gasteiger partial charge in [0.15, 0.2) is 0 Å². The van der Waals surface area contributed by atoms with Crippen molar-refractivity contribution in [2.24, 2.45) is 5.92 Å². The van der Waals surface area contributed by atoms with Gasteiger partial charge in [0.05, 0.1) is 0 Å². The van der Waals surface area contributed by atoms with Gasteiger partial charge in [-0.15, -0.1) is 23.2 Å². The fourth-order valence-corrected chi connectivity index (χ4v) is 3.66. The third-order valence-electron chi connectivity index (χ3n) is 2.60. The van der Waals surface area contributed by atoms with E-state index in [9.17, 15) is 9.59 Å². The second-order valence-corrected chi connectivity index (χ2v) is 7.06. The van der Waals surface area contributed by atoms with E-state index in [1.54, 1.807) is 0 Å². The molecule has 2 fully saturated rings. The van der Waals surface area contributed by atoms with Crippen molar-refractivity contribution >= 4 is 63.3 Å². The van der Waals surface area contributed by atoms with Crippen LogP contribution in [0.4, 0.5) is 0 Å². The van der Waals surface area contributed by atoms with E-state index in [4.69, 9.17) is 35.4 Å². The minimum Gasteiger partial charge on any atom is -0.274 e. The van der Waals surface area contributed by atoms with E-state index in [2.05, 4.69) is 0 Å². The molecule has 2 rings (SSSR count). The molecular weight excluding hydrogens is 289 g/mol. The molecule has 1 aliphatic heterocycles. The van der Waals surface area contributed by atoms with Crippen molar-refractivity contribution < 1.29 is 9.59 Å². The quantitative estimate of drug-likeness (QED) is 0.445. The van der Waals surface area contributed by atoms with Crippen LogP contribution in [0.25, 0.3) is 0 Å². The summed E-state index contributed by atoms with van der Waals surface area (Å²) < 4.78 is -0.315. The number of carbonyl (C=O) groups is 2. The van der Waals surface area contributed by atoms with Gasteiger partial charge >= 0.3 is 0 Å². The van der Waals surface area contributed by atoms with Gasteiger partial charge in [-0.1, -0.05) is 24.0 Å². The Kier molecular flexibility index (Phi) is 3.50. The maximum Gasteiger partial charge on any atom is 0.235 e. The molecule has 2 aliphatic rings. The lowest BCUT2D eigenvalue weighted by Crippen LogP contribution is -2.32. The topological polar surface area (TPSA) is 37.4 Å². The molecule has 0 unspecified atom stereocenters. The predicted molar refractivity (Wildman–Crippen MR) is 68.7 cm³/mol. The van der Waals surface area contributed by atoms with Crippen LogP contribution in [-0.2, 0) is 9.59 Å². The monoisotopic (exact) mass is 297 g/mol. The Morgan fingerprint density at radius 2 is 1.94 bits per heavy atom. The van der Waals surface area contributed by atoms with Gasteiger partial charge in [-0.2, -0.15) is 0 Å². The summed E-state index contributed by atoms with van der Waals surface area (Å²) in [7, 11) is 0. The number of rotatable bonds is 2. The Balaban J connectivity index is 1.84. The molecule has 1 heterocycles. The minimum atomic E-state index is -0.637. The average molecular weight is 298 g/mol. The molecule has 7 heteroatoms. The average Bonchev–Trinajstić information content (AvgIpc) is 2.66. The van der Waals surface area contributed by atoms with Crippen LogP contribution in [0.1, 0.15) is 19.3 Å². The second kappa shape index (κ2) is 4.44. The molecule has 1 atom stereocenters. The summed E-state index contributed by atoms with van der Waals surface area (Å²) in [6.07, 6.45) is 1.27. The first-order chi connectivity index (χ1) is 7.42. The first-order valence-electron chi connectivity index (χ1n) is 4.82. The molecule has 0 N–H and O–H groups in total. The lowest BCUT2D eigenvalue weighted by molar-refractivity contribution is -0.133. The molecule has 1 aliphatic carbocycles. The number of hydrogen-bond donors (Lipinski definition) is 0. The van der Waals surface area contributed by atoms with Crippen LogP contribution in [0, 0.1) is 5.92 Å². The Morgan fingerprint density at radius 1 is 1.44 bits per heavy atom. The maximum atomic E-state index is 11.4. The maximum absolute atomic E-state index is 11.4. The van der Waals surface area contributed by atoms with Crippen LogP contribution in [0.15, 0.2) is 0 Å². The Labute approximate surface area is 113 Å². The van der Waals surface area contributed by atoms with Gasteiger partial charge in [-0.05, 0) is 6.42 Å². The molecule has 0 radical (unpaired) electrons. The van der Waals surface area contributed by atoms with Gasteiger partial charge in [-0.3, -0.25) is 9.59 Å². The Bertz CT molecular complexity index is 357. The third kappa shape index (κ3) is 2.53. The lowest BCUT2D eigenvalue weighted by atomic mass is 10.4. The largest absolute Gasteiger partial charge is 0.274 e. The summed E-state index contributed by atoms with van der Waals surface area (Å²) >= 11 is 18.1. The smallest absolute Gasteiger partial charge is 0.235 e. The number of thiocarbonyl (C=S) groups is 1. The van der Waals surface area contributed by atoms with Crippen LogP contribution < -0.4 is 0 Å². The zero-order chi connectivity index (χ0) is 11.9. The molecule has 0 spiro atoms. The zero-order valence-corrected chi connectivity index (χ0v) is 11.4. The second-order valence-electron chi connectivity index (χ2n) is 3.86. The number of halogens is 2. The normalized spacial score (nSPS) is 27.4. The van der Waals surface area contributed by atoms with Gasteiger partial charge in [0.1, 0.15) is 8.65 Å². The molecule has 0 aromatic carbocycles. The van der Waals surface area contributed by atoms with Crippen LogP contribution in [0.2, 0.25) is 0 Å². The summed E-state index contributed by atoms with van der Waals surface area (Å²) in [5.41, 5.74) is 0. The number of thioether (sulfide) groups is 1. The first kappa shape index (κ1) is 12.6. The zero-order valence-electron chi connectivity index (χ0n) is 8.24. The fraction of sp³-hybridized carbons (Fsp3) is 0.667. The SMILES string of the molecule is O=C1CCC(=O)N1C(=S)SC[C@@H]1CC1(Cl)Cl. The standard InChI is InChI=1S/C9H9Cl2NO2S2/c10-9(11)3-5(9)4-16-8(15)12-6(13)1-2-7(12)14/h5H,1-4H2/t5-/m0/s1. The molecule has 1 saturated heterocycles. The summed E-state index contributed by atoms with van der Waals surface area (Å²) in [5.74, 6) is 0.442. The van der Waals surface area contributed by atoms with Crippen LogP contribution in [-0.4, -0.2) is 31.1 Å². The highest BCUT2D eigenvalue weighted by molar-refractivity contribution is 8.23. The molecule has 1 saturated carbocycles. The Hall–Kier alpha value is 0.160. The van der Waals surface area contributed by atoms with E-state index in [1.165, 1.54) is 11.8 Å². The minimum absolute atomic E-state index is 0.201. The molecular formula is C9H9Cl2NO2S2. The van der Waals surface area contributed by atoms with E-state index < -0.39 is 4.33 Å². The van der Waals surface area contributed by atoms with E-state index in [0.717, 1.165) is 11.3 Å². The van der Waals surface area contributed by atoms with Crippen molar-refractivity contribution in [1.82, 2.24) is 4.90 Å². The molecule has 0 aromatic rings. The van der Waals surface area contributed by atoms with Crippen LogP contribution in [0.5, 0.6) is 0 Å². The highest BCUT2D eigenvalue weighted by atomic mass is 35.5. The van der Waals surface area contributed by atoms with Crippen LogP contribution in [0.3, 0.4) is 0 Å². The van der Waals surface area contributed by atoms with E-state index in [-0.39, 0.29) is 30.6 Å². The number of amides is 2. The Morgan fingerprint density at radius 3 is 2.38 bits per heavy atom. The summed E-state index contributed by atoms with van der Waals surface area (Å²) in [5, 5.41) is 0. The van der Waals surface area contributed by atoms with Crippen molar-refractivity contribution in [1.29, 1.82) is 0 Å². The fourth-order valence-electron chi connectivity index (χ4n) is 1.47. The number of imide groups is 1. The predicted octanol–water partition coefficient (Wildman–Crippen LogP) is 2.35. The van der Waals surface area contributed by atoms with Crippen molar-refractivity contribution in [2.75, 3.05) is 5.75 Å². The molecule has 3 nitrogen and oxygen atoms in total. The summed E-state index contributed by atoms with van der Waals surface area (Å²) in [6.45, 7) is 0. The molecule has 0 bridgehead atoms. The van der Waals surface area contributed by atoms with Crippen molar-refractivity contribution in [2.45, 2.75) is 23.6 Å². The van der Waals surface area contributed by atoms with E-state index in [0.29, 0.717) is 10.1 Å². The van der Waals surface area contributed by atoms with Gasteiger partial charge in [0.25, 0.3) is 0 Å². The number of carbonyl (C=O) groups excluding carboxylic acids is 2. The van der Waals surface area contributed by atoms with Crippen molar-refractivity contribution in [3.05, 3.63) is 0 Å². The molecule has 16 heavy (non-hydrogen) atoms. The highest BCUT2D eigenvalue weighted by Gasteiger charge is 2.51. The molecule has 88 valence electrons. The van der Waals surface area contributed by atoms with Crippen molar-refractivity contribution in [3.63, 3.8) is 0 Å². The lowest BCUT2D eigenvalue weighted by Gasteiger charge is -2.13. The molecule has 0 aromatic heterocycles. The third-order valence-corrected chi connectivity index (χ3v) is 5.06. The van der Waals surface area contributed by atoms with Gasteiger partial charge in [-0.25, -0.2) is 4.90 Å². The van der Waals surface area contributed by atoms with E-state index >= 15 is 0 Å². The summed E-state index contributed by atoms with van der Waals surface area (Å²) in [6, 6.07) is 0. The van der Waals surface area contributed by atoms with Gasteiger partial charge < -0.3 is 0 Å². The summed E-state index contributed by atoms with van der Waals surface area (Å²) in [4.78, 5) is 23.8. The van der Waals surface area contributed by atoms with Crippen LogP contribution >= 0.6 is 47.2 Å². The van der Waals surface area contributed by atoms with Gasteiger partial charge in [0, 0.05) is 24.5 Å². The van der Waals surface area contributed by atoms with Crippen molar-refractivity contribution in [3.8, 4) is 0 Å². The highest BCUT2D eigenvalue weighted by Crippen LogP contribution is 2.54. The molecule has 2 amide bonds. The van der Waals surface area contributed by atoms with E-state index in [1.807, 2.05) is 0 Å². The first-order valence-corrected chi connectivity index (χ1v) is 6.97.